The Morgan fingerprint density at radius 1 is 1.04 bits per heavy atom. The maximum absolute atomic E-state index is 6.07. The summed E-state index contributed by atoms with van der Waals surface area (Å²) < 4.78 is 22.4. The van der Waals surface area contributed by atoms with Crippen LogP contribution in [0.2, 0.25) is 0 Å². The Kier molecular flexibility index (Phi) is 6.10. The van der Waals surface area contributed by atoms with Crippen molar-refractivity contribution in [2.75, 3.05) is 20.3 Å². The van der Waals surface area contributed by atoms with Crippen LogP contribution in [-0.4, -0.2) is 32.5 Å². The van der Waals surface area contributed by atoms with E-state index in [1.807, 2.05) is 42.5 Å². The van der Waals surface area contributed by atoms with Crippen molar-refractivity contribution in [2.45, 2.75) is 31.7 Å². The highest BCUT2D eigenvalue weighted by molar-refractivity contribution is 5.31. The molecule has 0 aromatic heterocycles. The third-order valence-electron chi connectivity index (χ3n) is 4.02. The number of methoxy groups -OCH3 is 1. The van der Waals surface area contributed by atoms with Crippen molar-refractivity contribution in [3.05, 3.63) is 60.2 Å². The van der Waals surface area contributed by atoms with Crippen molar-refractivity contribution in [2.24, 2.45) is 0 Å². The first-order valence-electron chi connectivity index (χ1n) is 8.37. The predicted octanol–water partition coefficient (Wildman–Crippen LogP) is 3.84. The molecule has 128 valence electrons. The van der Waals surface area contributed by atoms with Crippen molar-refractivity contribution in [3.63, 3.8) is 0 Å². The van der Waals surface area contributed by atoms with Crippen LogP contribution in [0.3, 0.4) is 0 Å². The zero-order valence-corrected chi connectivity index (χ0v) is 14.0. The first kappa shape index (κ1) is 16.8. The fourth-order valence-corrected chi connectivity index (χ4v) is 2.54. The van der Waals surface area contributed by atoms with Gasteiger partial charge in [-0.2, -0.15) is 0 Å². The van der Waals surface area contributed by atoms with Crippen molar-refractivity contribution in [1.82, 2.24) is 0 Å². The van der Waals surface area contributed by atoms with E-state index in [4.69, 9.17) is 18.9 Å². The Morgan fingerprint density at radius 3 is 2.42 bits per heavy atom. The first-order chi connectivity index (χ1) is 11.8. The number of benzene rings is 2. The van der Waals surface area contributed by atoms with Gasteiger partial charge in [0, 0.05) is 12.8 Å². The minimum Gasteiger partial charge on any atom is -0.497 e. The molecule has 1 aliphatic rings. The van der Waals surface area contributed by atoms with Crippen LogP contribution in [0.1, 0.15) is 18.4 Å². The zero-order valence-electron chi connectivity index (χ0n) is 14.0. The van der Waals surface area contributed by atoms with E-state index in [1.54, 1.807) is 7.11 Å². The van der Waals surface area contributed by atoms with Gasteiger partial charge in [0.15, 0.2) is 0 Å². The zero-order chi connectivity index (χ0) is 16.6. The summed E-state index contributed by atoms with van der Waals surface area (Å²) in [5.74, 6) is 1.68. The van der Waals surface area contributed by atoms with Gasteiger partial charge in [-0.3, -0.25) is 0 Å². The Balaban J connectivity index is 1.44. The standard InChI is InChI=1S/C20H24O4/c1-21-17-7-9-18(10-8-17)22-12-11-19(13-20-15-24-20)23-14-16-5-3-2-4-6-16/h2-10,19-20H,11-15H2,1H3/t19-,20-/m0/s1. The molecule has 1 saturated heterocycles. The molecule has 0 spiro atoms. The molecule has 1 heterocycles. The van der Waals surface area contributed by atoms with Crippen LogP contribution in [0.15, 0.2) is 54.6 Å². The van der Waals surface area contributed by atoms with E-state index in [2.05, 4.69) is 12.1 Å². The van der Waals surface area contributed by atoms with Gasteiger partial charge in [-0.1, -0.05) is 30.3 Å². The lowest BCUT2D eigenvalue weighted by Crippen LogP contribution is -2.19. The fraction of sp³-hybridized carbons (Fsp3) is 0.400. The third kappa shape index (κ3) is 5.55. The van der Waals surface area contributed by atoms with Gasteiger partial charge in [-0.15, -0.1) is 0 Å². The predicted molar refractivity (Wildman–Crippen MR) is 92.5 cm³/mol. The molecule has 2 atom stereocenters. The van der Waals surface area contributed by atoms with Gasteiger partial charge in [-0.05, 0) is 29.8 Å². The average molecular weight is 328 g/mol. The summed E-state index contributed by atoms with van der Waals surface area (Å²) in [6, 6.07) is 17.9. The number of rotatable bonds is 10. The first-order valence-corrected chi connectivity index (χ1v) is 8.37. The summed E-state index contributed by atoms with van der Waals surface area (Å²) >= 11 is 0. The van der Waals surface area contributed by atoms with E-state index in [0.29, 0.717) is 19.3 Å². The minimum absolute atomic E-state index is 0.149. The number of hydrogen-bond acceptors (Lipinski definition) is 4. The molecule has 0 unspecified atom stereocenters. The minimum atomic E-state index is 0.149. The summed E-state index contributed by atoms with van der Waals surface area (Å²) in [5, 5.41) is 0. The topological polar surface area (TPSA) is 40.2 Å². The Labute approximate surface area is 143 Å². The maximum atomic E-state index is 6.07. The van der Waals surface area contributed by atoms with E-state index in [9.17, 15) is 0 Å². The fourth-order valence-electron chi connectivity index (χ4n) is 2.54. The summed E-state index contributed by atoms with van der Waals surface area (Å²) in [6.45, 7) is 2.10. The highest BCUT2D eigenvalue weighted by atomic mass is 16.6. The molecule has 0 bridgehead atoms. The highest BCUT2D eigenvalue weighted by Crippen LogP contribution is 2.22. The maximum Gasteiger partial charge on any atom is 0.119 e. The molecule has 3 rings (SSSR count). The van der Waals surface area contributed by atoms with Crippen LogP contribution in [0.25, 0.3) is 0 Å². The van der Waals surface area contributed by atoms with Gasteiger partial charge in [-0.25, -0.2) is 0 Å². The van der Waals surface area contributed by atoms with E-state index >= 15 is 0 Å². The van der Waals surface area contributed by atoms with Gasteiger partial charge in [0.25, 0.3) is 0 Å². The lowest BCUT2D eigenvalue weighted by atomic mass is 10.1. The van der Waals surface area contributed by atoms with Gasteiger partial charge in [0.05, 0.1) is 39.1 Å². The lowest BCUT2D eigenvalue weighted by molar-refractivity contribution is 0.0167. The molecule has 1 fully saturated rings. The van der Waals surface area contributed by atoms with Crippen LogP contribution in [0.4, 0.5) is 0 Å². The number of hydrogen-bond donors (Lipinski definition) is 0. The molecule has 1 aliphatic heterocycles. The number of ether oxygens (including phenoxy) is 4. The van der Waals surface area contributed by atoms with E-state index in [1.165, 1.54) is 5.56 Å². The summed E-state index contributed by atoms with van der Waals surface area (Å²) in [4.78, 5) is 0. The molecule has 2 aromatic rings. The van der Waals surface area contributed by atoms with Crippen LogP contribution >= 0.6 is 0 Å². The van der Waals surface area contributed by atoms with Crippen molar-refractivity contribution in [3.8, 4) is 11.5 Å². The van der Waals surface area contributed by atoms with Crippen molar-refractivity contribution >= 4 is 0 Å². The SMILES string of the molecule is COc1ccc(OCC[C@@H](C[C@H]2CO2)OCc2ccccc2)cc1. The lowest BCUT2D eigenvalue weighted by Gasteiger charge is -2.17. The van der Waals surface area contributed by atoms with Crippen molar-refractivity contribution < 1.29 is 18.9 Å². The second kappa shape index (κ2) is 8.71. The van der Waals surface area contributed by atoms with Crippen LogP contribution in [0.5, 0.6) is 11.5 Å². The van der Waals surface area contributed by atoms with Crippen LogP contribution in [-0.2, 0) is 16.1 Å². The van der Waals surface area contributed by atoms with Crippen LogP contribution < -0.4 is 9.47 Å². The molecule has 0 N–H and O–H groups in total. The summed E-state index contributed by atoms with van der Waals surface area (Å²) in [5.41, 5.74) is 1.19. The normalized spacial score (nSPS) is 17.3. The molecule has 24 heavy (non-hydrogen) atoms. The molecule has 4 heteroatoms. The van der Waals surface area contributed by atoms with Gasteiger partial charge < -0.3 is 18.9 Å². The van der Waals surface area contributed by atoms with Crippen LogP contribution in [0, 0.1) is 0 Å². The second-order valence-electron chi connectivity index (χ2n) is 5.92. The monoisotopic (exact) mass is 328 g/mol. The molecule has 4 nitrogen and oxygen atoms in total. The molecule has 0 saturated carbocycles. The van der Waals surface area contributed by atoms with E-state index in [-0.39, 0.29) is 6.10 Å². The Bertz CT molecular complexity index is 593. The summed E-state index contributed by atoms with van der Waals surface area (Å²) in [7, 11) is 1.66. The third-order valence-corrected chi connectivity index (χ3v) is 4.02. The van der Waals surface area contributed by atoms with E-state index < -0.39 is 0 Å². The Morgan fingerprint density at radius 2 is 1.75 bits per heavy atom. The molecule has 0 aliphatic carbocycles. The summed E-state index contributed by atoms with van der Waals surface area (Å²) in [6.07, 6.45) is 2.28. The molecular formula is C20H24O4. The average Bonchev–Trinajstić information content (AvgIpc) is 3.45. The smallest absolute Gasteiger partial charge is 0.119 e. The number of epoxide rings is 1. The molecule has 2 aromatic carbocycles. The highest BCUT2D eigenvalue weighted by Gasteiger charge is 2.27. The second-order valence-corrected chi connectivity index (χ2v) is 5.92. The van der Waals surface area contributed by atoms with Gasteiger partial charge >= 0.3 is 0 Å². The van der Waals surface area contributed by atoms with E-state index in [0.717, 1.165) is 30.9 Å². The molecule has 0 amide bonds. The quantitative estimate of drug-likeness (QED) is 0.621. The molecular weight excluding hydrogens is 304 g/mol. The Hall–Kier alpha value is -2.04. The largest absolute Gasteiger partial charge is 0.497 e. The van der Waals surface area contributed by atoms with Gasteiger partial charge in [0.1, 0.15) is 11.5 Å². The van der Waals surface area contributed by atoms with Gasteiger partial charge in [0.2, 0.25) is 0 Å². The van der Waals surface area contributed by atoms with Crippen molar-refractivity contribution in [1.29, 1.82) is 0 Å². The molecule has 0 radical (unpaired) electrons.